The number of ketones is 5. The maximum Gasteiger partial charge on any atom is 0.316 e. The summed E-state index contributed by atoms with van der Waals surface area (Å²) in [5, 5.41) is 18.0. The van der Waals surface area contributed by atoms with Crippen molar-refractivity contribution in [1.29, 1.82) is 0 Å². The van der Waals surface area contributed by atoms with Gasteiger partial charge in [0.15, 0.2) is 23.1 Å². The second-order valence-corrected chi connectivity index (χ2v) is 29.5. The van der Waals surface area contributed by atoms with Crippen LogP contribution in [0.3, 0.4) is 0 Å². The molecule has 17 heteroatoms. The van der Waals surface area contributed by atoms with Crippen molar-refractivity contribution < 1.29 is 72.6 Å². The first-order valence-corrected chi connectivity index (χ1v) is 35.1. The number of nitrogens with two attached hydrogens (primary N) is 1. The molecule has 16 nitrogen and oxygen atoms in total. The lowest BCUT2D eigenvalue weighted by molar-refractivity contribution is -0.144. The molecule has 0 atom stereocenters. The molecule has 6 aromatic carbocycles. The van der Waals surface area contributed by atoms with Crippen LogP contribution in [-0.2, 0) is 35.2 Å². The van der Waals surface area contributed by atoms with Crippen molar-refractivity contribution in [3.8, 4) is 34.5 Å². The third-order valence-corrected chi connectivity index (χ3v) is 18.3. The predicted molar refractivity (Wildman–Crippen MR) is 419 cm³/mol. The lowest BCUT2D eigenvalue weighted by Crippen LogP contribution is -2.43. The largest absolute Gasteiger partial charge is 0.508 e. The summed E-state index contributed by atoms with van der Waals surface area (Å²) in [6.45, 7) is 37.6. The highest BCUT2D eigenvalue weighted by Crippen LogP contribution is 2.35. The molecule has 104 heavy (non-hydrogen) atoms. The van der Waals surface area contributed by atoms with Crippen LogP contribution in [0.2, 0.25) is 0 Å². The van der Waals surface area contributed by atoms with E-state index in [0.717, 1.165) is 81.2 Å². The highest BCUT2D eigenvalue weighted by Gasteiger charge is 2.33. The van der Waals surface area contributed by atoms with E-state index in [-0.39, 0.29) is 78.6 Å². The number of aryl methyl sites for hydroxylation is 8. The van der Waals surface area contributed by atoms with E-state index in [1.165, 1.54) is 50.6 Å². The number of hydrogen-bond acceptors (Lipinski definition) is 14. The first kappa shape index (κ1) is 90.8. The zero-order valence-corrected chi connectivity index (χ0v) is 64.3. The van der Waals surface area contributed by atoms with Crippen molar-refractivity contribution >= 4 is 69.0 Å². The number of esters is 1. The number of halogens is 1. The number of allylic oxidation sites excluding steroid dienone is 4. The molecule has 7 rings (SSSR count). The summed E-state index contributed by atoms with van der Waals surface area (Å²) in [7, 11) is 0. The van der Waals surface area contributed by atoms with Crippen LogP contribution in [0.5, 0.6) is 34.5 Å². The Kier molecular flexibility index (Phi) is 36.6. The van der Waals surface area contributed by atoms with Crippen molar-refractivity contribution in [1.82, 2.24) is 0 Å². The van der Waals surface area contributed by atoms with Crippen molar-refractivity contribution in [3.05, 3.63) is 194 Å². The maximum absolute atomic E-state index is 13.4. The van der Waals surface area contributed by atoms with E-state index in [4.69, 9.17) is 40.7 Å². The van der Waals surface area contributed by atoms with Gasteiger partial charge in [0.2, 0.25) is 22.6 Å². The van der Waals surface area contributed by atoms with E-state index in [1.807, 2.05) is 159 Å². The molecule has 0 saturated heterocycles. The van der Waals surface area contributed by atoms with Gasteiger partial charge in [-0.25, -0.2) is 0 Å². The number of carbonyl (C=O) groups excluding carboxylic acids is 8. The Balaban J connectivity index is 0.000000527. The number of anilines is 1. The molecule has 0 aromatic heterocycles. The van der Waals surface area contributed by atoms with E-state index in [2.05, 4.69) is 29.6 Å². The summed E-state index contributed by atoms with van der Waals surface area (Å²) in [5.74, 6) is 2.34. The zero-order valence-electron chi connectivity index (χ0n) is 63.5. The molecule has 1 aliphatic rings. The van der Waals surface area contributed by atoms with Gasteiger partial charge in [0.25, 0.3) is 0 Å². The van der Waals surface area contributed by atoms with Crippen molar-refractivity contribution in [2.24, 2.45) is 21.7 Å². The van der Waals surface area contributed by atoms with Gasteiger partial charge in [0.1, 0.15) is 34.5 Å². The molecule has 1 amide bonds. The Morgan fingerprint density at radius 2 is 0.837 bits per heavy atom. The summed E-state index contributed by atoms with van der Waals surface area (Å²) < 4.78 is 29.4. The first-order valence-electron chi connectivity index (χ1n) is 34.8. The fourth-order valence-corrected chi connectivity index (χ4v) is 10.3. The van der Waals surface area contributed by atoms with E-state index in [0.29, 0.717) is 86.5 Å². The Labute approximate surface area is 624 Å². The Morgan fingerprint density at radius 3 is 1.21 bits per heavy atom. The van der Waals surface area contributed by atoms with Crippen LogP contribution < -0.4 is 34.4 Å². The smallest absolute Gasteiger partial charge is 0.316 e. The SMILES string of the molecule is C.C.CC(=O)C1=CC(=O)C(=[NH2+])C=C1.CC(=O)c1ccc(CC(=O)C(C)(C)CCCOc2cc(C)ccc2C)c(O)c1.CC(=O)c1ccc(NC(=O)C(C)(C)CCCOc2cc(C)ccc2C)c(OC(=O)C(C)(C)CCCOc2cc(C)ccc2C)c1.Cc1ccc(C)c(OCCCC(C)(C)C(=O)Cl)c1. The number of amides is 1. The summed E-state index contributed by atoms with van der Waals surface area (Å²) in [6, 6.07) is 33.9. The summed E-state index contributed by atoms with van der Waals surface area (Å²) >= 11 is 5.53. The third kappa shape index (κ3) is 29.8. The molecule has 0 saturated carbocycles. The molecule has 564 valence electrons. The average Bonchev–Trinajstić information content (AvgIpc) is 0.818. The number of ether oxygens (including phenoxy) is 5. The minimum Gasteiger partial charge on any atom is -0.508 e. The van der Waals surface area contributed by atoms with Gasteiger partial charge in [-0.3, -0.25) is 43.8 Å². The Morgan fingerprint density at radius 1 is 0.462 bits per heavy atom. The molecule has 4 N–H and O–H groups in total. The minimum absolute atomic E-state index is 0. The number of nitrogens with one attached hydrogen (secondary N) is 1. The lowest BCUT2D eigenvalue weighted by atomic mass is 9.80. The zero-order chi connectivity index (χ0) is 76.5. The number of phenols is 1. The topological polar surface area (TPSA) is 241 Å². The molecule has 0 unspecified atom stereocenters. The van der Waals surface area contributed by atoms with Crippen molar-refractivity contribution in [2.45, 2.75) is 204 Å². The molecule has 0 bridgehead atoms. The minimum atomic E-state index is -0.826. The molecule has 6 aromatic rings. The standard InChI is InChI=1S/C38H49NO6.C24H30O4.C15H21ClO2.C8H7NO2.2CH4/c1-25-12-14-27(3)32(22-25)43-20-10-18-37(6,7)35(41)39-31-17-16-30(29(5)40)24-34(31)45-36(42)38(8,9)19-11-21-44-33-23-26(2)13-15-28(33)4;1-16-7-8-17(2)22(13-16)28-12-6-11-24(4,5)23(27)15-20-10-9-19(18(3)25)14-21(20)26;1-11-6-7-12(2)13(10-11)18-9-5-8-15(3,4)14(16)17;1-5(10)6-2-3-7(9)8(11)4-6;;/h12-17,22-24H,10-11,18-21H2,1-9H3,(H,39,41);7-10,13-14,26H,6,11-12,15H2,1-5H3;6-7,10H,5,8-9H2,1-4H3;2-4,9H,1H3;2*1H4/p+1. The van der Waals surface area contributed by atoms with Gasteiger partial charge in [-0.05, 0) is 252 Å². The number of rotatable bonds is 31. The molecule has 0 fully saturated rings. The van der Waals surface area contributed by atoms with Crippen LogP contribution in [0.1, 0.15) is 213 Å². The van der Waals surface area contributed by atoms with Crippen LogP contribution >= 0.6 is 11.6 Å². The quantitative estimate of drug-likeness (QED) is 0.00916. The molecule has 0 heterocycles. The van der Waals surface area contributed by atoms with Gasteiger partial charge in [-0.15, -0.1) is 0 Å². The number of Topliss-reactive ketones (excluding diaryl/α,β-unsaturated/α-hetero) is 4. The average molecular weight is 1450 g/mol. The van der Waals surface area contributed by atoms with E-state index in [9.17, 15) is 43.5 Å². The third-order valence-electron chi connectivity index (χ3n) is 17.7. The second-order valence-electron chi connectivity index (χ2n) is 29.1. The van der Waals surface area contributed by atoms with Gasteiger partial charge < -0.3 is 34.1 Å². The molecular weight excluding hydrogens is 1330 g/mol. The highest BCUT2D eigenvalue weighted by atomic mass is 35.5. The van der Waals surface area contributed by atoms with Crippen molar-refractivity contribution in [3.63, 3.8) is 0 Å². The molecule has 0 aliphatic heterocycles. The van der Waals surface area contributed by atoms with Crippen LogP contribution in [0.4, 0.5) is 5.69 Å². The van der Waals surface area contributed by atoms with E-state index in [1.54, 1.807) is 30.3 Å². The Bertz CT molecular complexity index is 4060. The second kappa shape index (κ2) is 41.9. The van der Waals surface area contributed by atoms with Gasteiger partial charge in [-0.1, -0.05) is 117 Å². The number of benzene rings is 6. The van der Waals surface area contributed by atoms with E-state index >= 15 is 0 Å². The predicted octanol–water partition coefficient (Wildman–Crippen LogP) is 18.3. The van der Waals surface area contributed by atoms with E-state index < -0.39 is 27.6 Å². The van der Waals surface area contributed by atoms with Gasteiger partial charge in [0, 0.05) is 57.1 Å². The maximum atomic E-state index is 13.4. The van der Waals surface area contributed by atoms with Crippen LogP contribution in [-0.4, -0.2) is 83.3 Å². The number of aromatic hydroxyl groups is 1. The molecule has 0 radical (unpaired) electrons. The molecule has 1 aliphatic carbocycles. The monoisotopic (exact) mass is 1450 g/mol. The van der Waals surface area contributed by atoms with Crippen molar-refractivity contribution in [2.75, 3.05) is 31.7 Å². The fraction of sp³-hybridized carbons (Fsp3) is 0.437. The normalized spacial score (nSPS) is 11.8. The molecular formula is C87H116ClN2O14+. The number of carbonyl (C=O) groups is 8. The Hall–Kier alpha value is -9.28. The van der Waals surface area contributed by atoms with Gasteiger partial charge in [-0.2, -0.15) is 0 Å². The number of hydrogen-bond donors (Lipinski definition) is 3. The summed E-state index contributed by atoms with van der Waals surface area (Å²) in [6.07, 6.45) is 9.84. The first-order chi connectivity index (χ1) is 47.6. The number of phenolic OH excluding ortho intramolecular Hbond substituents is 1. The fourth-order valence-electron chi connectivity index (χ4n) is 10.2. The summed E-state index contributed by atoms with van der Waals surface area (Å²) in [4.78, 5) is 95.8. The highest BCUT2D eigenvalue weighted by molar-refractivity contribution is 6.64. The molecule has 0 spiro atoms. The van der Waals surface area contributed by atoms with Crippen LogP contribution in [0, 0.1) is 77.0 Å². The van der Waals surface area contributed by atoms with Crippen LogP contribution in [0.25, 0.3) is 0 Å². The lowest BCUT2D eigenvalue weighted by Gasteiger charge is -2.26. The summed E-state index contributed by atoms with van der Waals surface area (Å²) in [5.41, 5.74) is 8.75. The van der Waals surface area contributed by atoms with Gasteiger partial charge >= 0.3 is 5.97 Å². The van der Waals surface area contributed by atoms with Crippen LogP contribution in [0.15, 0.2) is 133 Å². The van der Waals surface area contributed by atoms with Gasteiger partial charge in [0.05, 0.1) is 37.5 Å².